The molecule has 5 nitrogen and oxygen atoms in total. The highest BCUT2D eigenvalue weighted by molar-refractivity contribution is 5.80. The van der Waals surface area contributed by atoms with Gasteiger partial charge in [-0.3, -0.25) is 4.79 Å². The fourth-order valence-electron chi connectivity index (χ4n) is 5.19. The van der Waals surface area contributed by atoms with Crippen LogP contribution in [0.5, 0.6) is 0 Å². The van der Waals surface area contributed by atoms with Crippen LogP contribution in [0, 0.1) is 0 Å². The van der Waals surface area contributed by atoms with E-state index in [1.54, 1.807) is 6.08 Å². The van der Waals surface area contributed by atoms with Crippen molar-refractivity contribution in [2.75, 3.05) is 6.61 Å². The zero-order valence-corrected chi connectivity index (χ0v) is 28.8. The predicted molar refractivity (Wildman–Crippen MR) is 190 cm³/mol. The Morgan fingerprint density at radius 3 is 1.57 bits per heavy atom. The lowest BCUT2D eigenvalue weighted by Crippen LogP contribution is -2.48. The van der Waals surface area contributed by atoms with E-state index in [2.05, 4.69) is 55.6 Å². The largest absolute Gasteiger partial charge is 0.394 e. The van der Waals surface area contributed by atoms with Gasteiger partial charge in [0.2, 0.25) is 5.91 Å². The lowest BCUT2D eigenvalue weighted by molar-refractivity contribution is -0.131. The first-order valence-corrected chi connectivity index (χ1v) is 18.5. The van der Waals surface area contributed by atoms with E-state index in [0.717, 1.165) is 38.5 Å². The molecule has 0 rings (SSSR count). The van der Waals surface area contributed by atoms with Crippen molar-refractivity contribution in [3.05, 3.63) is 48.6 Å². The molecule has 44 heavy (non-hydrogen) atoms. The summed E-state index contributed by atoms with van der Waals surface area (Å²) in [6, 6.07) is -0.815. The van der Waals surface area contributed by atoms with Crippen LogP contribution < -0.4 is 5.32 Å². The van der Waals surface area contributed by atoms with E-state index in [1.807, 2.05) is 6.08 Å². The van der Waals surface area contributed by atoms with Gasteiger partial charge >= 0.3 is 0 Å². The molecule has 0 heterocycles. The van der Waals surface area contributed by atoms with E-state index in [4.69, 9.17) is 0 Å². The van der Waals surface area contributed by atoms with Crippen molar-refractivity contribution in [3.8, 4) is 0 Å². The number of hydrogen-bond donors (Lipinski definition) is 4. The predicted octanol–water partition coefficient (Wildman–Crippen LogP) is 9.81. The Morgan fingerprint density at radius 2 is 1.00 bits per heavy atom. The molecule has 0 aliphatic heterocycles. The van der Waals surface area contributed by atoms with Gasteiger partial charge in [-0.2, -0.15) is 0 Å². The summed E-state index contributed by atoms with van der Waals surface area (Å²) >= 11 is 0. The summed E-state index contributed by atoms with van der Waals surface area (Å²) < 4.78 is 0. The first-order valence-electron chi connectivity index (χ1n) is 18.5. The molecule has 0 aliphatic carbocycles. The van der Waals surface area contributed by atoms with Crippen molar-refractivity contribution in [1.29, 1.82) is 0 Å². The lowest BCUT2D eigenvalue weighted by Gasteiger charge is -2.21. The normalized spacial score (nSPS) is 14.4. The Balaban J connectivity index is 3.79. The maximum atomic E-state index is 12.4. The molecule has 3 atom stereocenters. The zero-order chi connectivity index (χ0) is 32.4. The molecule has 256 valence electrons. The highest BCUT2D eigenvalue weighted by atomic mass is 16.3. The van der Waals surface area contributed by atoms with Crippen molar-refractivity contribution in [3.63, 3.8) is 0 Å². The van der Waals surface area contributed by atoms with Gasteiger partial charge < -0.3 is 20.6 Å². The van der Waals surface area contributed by atoms with Crippen LogP contribution in [-0.2, 0) is 4.79 Å². The molecule has 0 aromatic heterocycles. The van der Waals surface area contributed by atoms with Crippen molar-refractivity contribution in [2.45, 2.75) is 186 Å². The van der Waals surface area contributed by atoms with E-state index in [-0.39, 0.29) is 6.61 Å². The van der Waals surface area contributed by atoms with Gasteiger partial charge in [0.25, 0.3) is 0 Å². The van der Waals surface area contributed by atoms with Crippen LogP contribution in [-0.4, -0.2) is 46.1 Å². The summed E-state index contributed by atoms with van der Waals surface area (Å²) in [4.78, 5) is 12.4. The van der Waals surface area contributed by atoms with Crippen LogP contribution in [0.4, 0.5) is 0 Å². The second-order valence-corrected chi connectivity index (χ2v) is 12.4. The molecular weight excluding hydrogens is 546 g/mol. The fraction of sp³-hybridized carbons (Fsp3) is 0.769. The molecule has 0 spiro atoms. The molecule has 0 saturated heterocycles. The fourth-order valence-corrected chi connectivity index (χ4v) is 5.19. The number of unbranched alkanes of at least 4 members (excludes halogenated alkanes) is 19. The van der Waals surface area contributed by atoms with Crippen molar-refractivity contribution in [2.24, 2.45) is 0 Å². The summed E-state index contributed by atoms with van der Waals surface area (Å²) in [6.07, 6.45) is 42.6. The lowest BCUT2D eigenvalue weighted by atomic mass is 10.0. The first kappa shape index (κ1) is 42.3. The minimum absolute atomic E-state index is 0.380. The van der Waals surface area contributed by atoms with Crippen LogP contribution in [0.1, 0.15) is 168 Å². The molecule has 0 aromatic rings. The number of aliphatic hydroxyl groups excluding tert-OH is 3. The van der Waals surface area contributed by atoms with E-state index < -0.39 is 24.2 Å². The van der Waals surface area contributed by atoms with Gasteiger partial charge in [-0.25, -0.2) is 0 Å². The van der Waals surface area contributed by atoms with Crippen LogP contribution >= 0.6 is 0 Å². The second kappa shape index (κ2) is 34.2. The quantitative estimate of drug-likeness (QED) is 0.0344. The summed E-state index contributed by atoms with van der Waals surface area (Å²) in [5.74, 6) is -0.521. The van der Waals surface area contributed by atoms with Gasteiger partial charge in [-0.15, -0.1) is 0 Å². The minimum atomic E-state index is -1.11. The van der Waals surface area contributed by atoms with Crippen molar-refractivity contribution < 1.29 is 20.1 Å². The number of aliphatic hydroxyl groups is 3. The summed E-state index contributed by atoms with van der Waals surface area (Å²) in [7, 11) is 0. The Kier molecular flexibility index (Phi) is 32.9. The topological polar surface area (TPSA) is 89.8 Å². The molecule has 0 bridgehead atoms. The van der Waals surface area contributed by atoms with E-state index in [0.29, 0.717) is 6.42 Å². The number of hydrogen-bond acceptors (Lipinski definition) is 4. The summed E-state index contributed by atoms with van der Waals surface area (Å²) in [5.41, 5.74) is 0. The van der Waals surface area contributed by atoms with Crippen LogP contribution in [0.3, 0.4) is 0 Å². The Bertz CT molecular complexity index is 730. The molecule has 0 saturated carbocycles. The molecule has 0 fully saturated rings. The van der Waals surface area contributed by atoms with Crippen molar-refractivity contribution in [1.82, 2.24) is 5.32 Å². The average molecular weight is 618 g/mol. The summed E-state index contributed by atoms with van der Waals surface area (Å²) in [5, 5.41) is 32.9. The van der Waals surface area contributed by atoms with Gasteiger partial charge in [0.05, 0.1) is 18.8 Å². The van der Waals surface area contributed by atoms with Gasteiger partial charge in [0, 0.05) is 0 Å². The number of carbonyl (C=O) groups excluding carboxylic acids is 1. The molecule has 0 radical (unpaired) electrons. The van der Waals surface area contributed by atoms with Crippen LogP contribution in [0.2, 0.25) is 0 Å². The third-order valence-corrected chi connectivity index (χ3v) is 8.17. The third kappa shape index (κ3) is 29.0. The highest BCUT2D eigenvalue weighted by Crippen LogP contribution is 2.13. The number of nitrogens with one attached hydrogen (secondary N) is 1. The Hall–Kier alpha value is -1.69. The third-order valence-electron chi connectivity index (χ3n) is 8.17. The molecule has 0 aromatic carbocycles. The number of allylic oxidation sites excluding steroid dienone is 7. The number of carbonyl (C=O) groups is 1. The molecule has 5 heteroatoms. The molecule has 4 N–H and O–H groups in total. The average Bonchev–Trinajstić information content (AvgIpc) is 3.03. The van der Waals surface area contributed by atoms with Gasteiger partial charge in [-0.05, 0) is 57.8 Å². The molecule has 1 amide bonds. The van der Waals surface area contributed by atoms with Gasteiger partial charge in [0.1, 0.15) is 6.10 Å². The standard InChI is InChI=1S/C39H71NO4/c1-3-5-7-9-11-13-15-17-18-19-20-21-22-24-26-28-30-32-34-38(43)39(44)40-36(35-41)37(42)33-31-29-27-25-23-16-14-12-10-8-6-4-2/h11,13,15,17,23,25,31,33,36-38,41-43H,3-10,12,14,16,18-22,24,26-30,32,34-35H2,1-2H3,(H,40,44)/b13-11-,17-15-,25-23+,33-31+. The monoisotopic (exact) mass is 618 g/mol. The summed E-state index contributed by atoms with van der Waals surface area (Å²) in [6.45, 7) is 4.10. The Labute approximate surface area is 272 Å². The van der Waals surface area contributed by atoms with E-state index >= 15 is 0 Å². The zero-order valence-electron chi connectivity index (χ0n) is 28.8. The Morgan fingerprint density at radius 1 is 0.568 bits per heavy atom. The molecular formula is C39H71NO4. The smallest absolute Gasteiger partial charge is 0.249 e. The number of rotatable bonds is 32. The second-order valence-electron chi connectivity index (χ2n) is 12.4. The first-order chi connectivity index (χ1) is 21.6. The van der Waals surface area contributed by atoms with Crippen LogP contribution in [0.25, 0.3) is 0 Å². The van der Waals surface area contributed by atoms with Crippen LogP contribution in [0.15, 0.2) is 48.6 Å². The van der Waals surface area contributed by atoms with E-state index in [1.165, 1.54) is 109 Å². The maximum Gasteiger partial charge on any atom is 0.249 e. The van der Waals surface area contributed by atoms with E-state index in [9.17, 15) is 20.1 Å². The SMILES string of the molecule is CCCCC/C=C\C=C/CCCCCCCCCCCC(O)C(=O)NC(CO)C(O)/C=C/CC/C=C/CCCCCCCC. The maximum absolute atomic E-state index is 12.4. The molecule has 3 unspecified atom stereocenters. The minimum Gasteiger partial charge on any atom is -0.394 e. The van der Waals surface area contributed by atoms with Crippen molar-refractivity contribution >= 4 is 5.91 Å². The van der Waals surface area contributed by atoms with Gasteiger partial charge in [0.15, 0.2) is 0 Å². The highest BCUT2D eigenvalue weighted by Gasteiger charge is 2.22. The number of amides is 1. The van der Waals surface area contributed by atoms with Gasteiger partial charge in [-0.1, -0.05) is 159 Å². The molecule has 0 aliphatic rings.